The smallest absolute Gasteiger partial charge is 0.318 e. The Morgan fingerprint density at radius 3 is 2.70 bits per heavy atom. The van der Waals surface area contributed by atoms with E-state index in [1.54, 1.807) is 4.90 Å². The number of anilines is 2. The molecule has 0 saturated carbocycles. The highest BCUT2D eigenvalue weighted by molar-refractivity contribution is 5.87. The number of nitriles is 1. The van der Waals surface area contributed by atoms with Crippen molar-refractivity contribution in [1.82, 2.24) is 24.7 Å². The maximum atomic E-state index is 12.6. The van der Waals surface area contributed by atoms with Gasteiger partial charge in [-0.1, -0.05) is 18.7 Å². The third-order valence-corrected chi connectivity index (χ3v) is 9.72. The minimum absolute atomic E-state index is 0.126. The summed E-state index contributed by atoms with van der Waals surface area (Å²) in [4.78, 5) is 33.9. The van der Waals surface area contributed by atoms with Crippen LogP contribution in [0.25, 0.3) is 0 Å². The highest BCUT2D eigenvalue weighted by Gasteiger charge is 2.33. The van der Waals surface area contributed by atoms with E-state index in [0.29, 0.717) is 38.3 Å². The molecular weight excluding hydrogens is 540 g/mol. The van der Waals surface area contributed by atoms with Gasteiger partial charge in [-0.05, 0) is 69.6 Å². The van der Waals surface area contributed by atoms with Gasteiger partial charge >= 0.3 is 6.01 Å². The van der Waals surface area contributed by atoms with Crippen molar-refractivity contribution >= 4 is 17.4 Å². The van der Waals surface area contributed by atoms with Crippen LogP contribution >= 0.6 is 0 Å². The third-order valence-electron chi connectivity index (χ3n) is 9.72. The van der Waals surface area contributed by atoms with E-state index in [0.717, 1.165) is 75.5 Å². The number of hydrogen-bond donors (Lipinski definition) is 0. The van der Waals surface area contributed by atoms with Crippen molar-refractivity contribution in [3.05, 3.63) is 53.2 Å². The van der Waals surface area contributed by atoms with E-state index >= 15 is 0 Å². The summed E-state index contributed by atoms with van der Waals surface area (Å²) in [5, 5.41) is 9.56. The quantitative estimate of drug-likeness (QED) is 0.456. The van der Waals surface area contributed by atoms with Gasteiger partial charge < -0.3 is 29.2 Å². The number of ether oxygens (including phenoxy) is 1. The Morgan fingerprint density at radius 2 is 1.91 bits per heavy atom. The van der Waals surface area contributed by atoms with Crippen LogP contribution in [-0.4, -0.2) is 109 Å². The van der Waals surface area contributed by atoms with E-state index in [1.807, 2.05) is 0 Å². The number of carbonyl (C=O) groups is 1. The second-order valence-corrected chi connectivity index (χ2v) is 12.4. The second-order valence-electron chi connectivity index (χ2n) is 12.4. The molecule has 1 aromatic heterocycles. The van der Waals surface area contributed by atoms with Crippen molar-refractivity contribution in [1.29, 1.82) is 5.26 Å². The summed E-state index contributed by atoms with van der Waals surface area (Å²) < 4.78 is 6.31. The number of carbonyl (C=O) groups excluding carboxylic acids is 1. The maximum absolute atomic E-state index is 12.6. The molecule has 0 aliphatic carbocycles. The lowest BCUT2D eigenvalue weighted by molar-refractivity contribution is -0.128. The molecule has 2 saturated heterocycles. The molecule has 2 aromatic rings. The number of nitrogens with zero attached hydrogens (tertiary/aromatic N) is 8. The van der Waals surface area contributed by atoms with E-state index in [-0.39, 0.29) is 18.4 Å². The van der Waals surface area contributed by atoms with Gasteiger partial charge in [-0.15, -0.1) is 0 Å². The molecule has 5 heterocycles. The van der Waals surface area contributed by atoms with E-state index < -0.39 is 0 Å². The predicted molar refractivity (Wildman–Crippen MR) is 167 cm³/mol. The first-order valence-corrected chi connectivity index (χ1v) is 15.8. The summed E-state index contributed by atoms with van der Waals surface area (Å²) in [7, 11) is 4.35. The fourth-order valence-corrected chi connectivity index (χ4v) is 7.21. The molecule has 228 valence electrons. The summed E-state index contributed by atoms with van der Waals surface area (Å²) in [5.74, 6) is 0.767. The average Bonchev–Trinajstić information content (AvgIpc) is 3.31. The van der Waals surface area contributed by atoms with E-state index in [1.165, 1.54) is 29.3 Å². The Kier molecular flexibility index (Phi) is 8.82. The number of hydrogen-bond acceptors (Lipinski definition) is 9. The molecular formula is C33H44N8O2. The van der Waals surface area contributed by atoms with Gasteiger partial charge in [-0.3, -0.25) is 4.79 Å². The van der Waals surface area contributed by atoms with Crippen LogP contribution in [0, 0.1) is 11.3 Å². The lowest BCUT2D eigenvalue weighted by Crippen LogP contribution is -2.55. The third kappa shape index (κ3) is 6.20. The van der Waals surface area contributed by atoms with Gasteiger partial charge in [0.2, 0.25) is 5.91 Å². The van der Waals surface area contributed by atoms with E-state index in [4.69, 9.17) is 14.7 Å². The van der Waals surface area contributed by atoms with Crippen LogP contribution in [0.2, 0.25) is 0 Å². The fraction of sp³-hybridized carbons (Fsp3) is 0.576. The number of aromatic nitrogens is 2. The van der Waals surface area contributed by atoms with Crippen LogP contribution in [0.1, 0.15) is 41.6 Å². The minimum Gasteiger partial charge on any atom is -0.462 e. The summed E-state index contributed by atoms with van der Waals surface area (Å²) in [6.07, 6.45) is 6.63. The zero-order chi connectivity index (χ0) is 29.9. The Bertz CT molecular complexity index is 1390. The first kappa shape index (κ1) is 29.4. The highest BCUT2D eigenvalue weighted by Crippen LogP contribution is 2.33. The molecule has 0 bridgehead atoms. The molecule has 2 atom stereocenters. The molecule has 0 radical (unpaired) electrons. The van der Waals surface area contributed by atoms with Crippen molar-refractivity contribution in [2.75, 3.05) is 76.3 Å². The second kappa shape index (κ2) is 12.9. The lowest BCUT2D eigenvalue weighted by Gasteiger charge is -2.41. The Morgan fingerprint density at radius 1 is 1.05 bits per heavy atom. The molecule has 10 nitrogen and oxygen atoms in total. The number of amides is 1. The molecule has 0 N–H and O–H groups in total. The molecule has 2 fully saturated rings. The van der Waals surface area contributed by atoms with Crippen LogP contribution in [0.15, 0.2) is 30.9 Å². The van der Waals surface area contributed by atoms with Gasteiger partial charge in [0, 0.05) is 69.5 Å². The predicted octanol–water partition coefficient (Wildman–Crippen LogP) is 2.66. The Labute approximate surface area is 255 Å². The van der Waals surface area contributed by atoms with Crippen molar-refractivity contribution in [3.63, 3.8) is 0 Å². The Balaban J connectivity index is 1.30. The zero-order valence-electron chi connectivity index (χ0n) is 25.7. The molecule has 1 amide bonds. The molecule has 4 aliphatic heterocycles. The summed E-state index contributed by atoms with van der Waals surface area (Å²) >= 11 is 0. The van der Waals surface area contributed by atoms with Crippen LogP contribution in [0.3, 0.4) is 0 Å². The highest BCUT2D eigenvalue weighted by atomic mass is 16.5. The first-order valence-electron chi connectivity index (χ1n) is 15.8. The number of benzene rings is 1. The van der Waals surface area contributed by atoms with Gasteiger partial charge in [0.1, 0.15) is 12.4 Å². The van der Waals surface area contributed by atoms with E-state index in [2.05, 4.69) is 64.5 Å². The summed E-state index contributed by atoms with van der Waals surface area (Å²) in [6.45, 7) is 10.9. The molecule has 43 heavy (non-hydrogen) atoms. The molecule has 0 spiro atoms. The first-order chi connectivity index (χ1) is 20.9. The van der Waals surface area contributed by atoms with Gasteiger partial charge in [-0.25, -0.2) is 0 Å². The number of rotatable bonds is 7. The van der Waals surface area contributed by atoms with Crippen molar-refractivity contribution in [2.24, 2.45) is 0 Å². The van der Waals surface area contributed by atoms with Crippen molar-refractivity contribution in [2.45, 2.75) is 57.2 Å². The largest absolute Gasteiger partial charge is 0.462 e. The SMILES string of the molecule is C=CC(=O)N1CCN(c2nc(OC[C@@H]3CCCN3C)nc3c2CCN(c2cccc4c2CN(C)CC4)CC3)C[C@@H]1CC#N. The topological polar surface area (TPSA) is 92.1 Å². The van der Waals surface area contributed by atoms with E-state index in [9.17, 15) is 10.1 Å². The van der Waals surface area contributed by atoms with Crippen LogP contribution in [-0.2, 0) is 30.6 Å². The number of piperazine rings is 1. The zero-order valence-corrected chi connectivity index (χ0v) is 25.7. The van der Waals surface area contributed by atoms with Gasteiger partial charge in [0.15, 0.2) is 0 Å². The Hall–Kier alpha value is -3.68. The molecule has 10 heteroatoms. The monoisotopic (exact) mass is 584 g/mol. The normalized spacial score (nSPS) is 22.9. The summed E-state index contributed by atoms with van der Waals surface area (Å²) in [5.41, 5.74) is 6.44. The minimum atomic E-state index is -0.221. The maximum Gasteiger partial charge on any atom is 0.318 e. The van der Waals surface area contributed by atoms with Crippen molar-refractivity contribution < 1.29 is 9.53 Å². The van der Waals surface area contributed by atoms with Gasteiger partial charge in [0.25, 0.3) is 0 Å². The van der Waals surface area contributed by atoms with Gasteiger partial charge in [-0.2, -0.15) is 15.2 Å². The molecule has 1 aromatic carbocycles. The molecule has 0 unspecified atom stereocenters. The molecule has 6 rings (SSSR count). The lowest BCUT2D eigenvalue weighted by atomic mass is 9.97. The number of fused-ring (bicyclic) bond motifs is 2. The van der Waals surface area contributed by atoms with Crippen LogP contribution in [0.4, 0.5) is 11.5 Å². The standard InChI is InChI=1S/C33H44N8O2/c1-4-31(42)41-20-19-40(21-25(41)10-14-34)32-27-12-17-39(30-9-5-7-24-11-16-37(2)22-28(24)30)18-13-29(27)35-33(36-32)43-23-26-8-6-15-38(26)3/h4-5,7,9,25-26H,1,6,8,10-13,15-23H2,2-3H3/t25-,26-/m0/s1. The van der Waals surface area contributed by atoms with Crippen molar-refractivity contribution in [3.8, 4) is 12.1 Å². The van der Waals surface area contributed by atoms with Crippen LogP contribution < -0.4 is 14.5 Å². The summed E-state index contributed by atoms with van der Waals surface area (Å²) in [6, 6.07) is 9.62. The van der Waals surface area contributed by atoms with Crippen LogP contribution in [0.5, 0.6) is 6.01 Å². The fourth-order valence-electron chi connectivity index (χ4n) is 7.21. The number of likely N-dealkylation sites (N-methyl/N-ethyl adjacent to an activating group) is 2. The number of likely N-dealkylation sites (tertiary alicyclic amines) is 1. The molecule has 4 aliphatic rings. The average molecular weight is 585 g/mol. The van der Waals surface area contributed by atoms with Gasteiger partial charge in [0.05, 0.1) is 24.2 Å².